The highest BCUT2D eigenvalue weighted by molar-refractivity contribution is 6.31. The summed E-state index contributed by atoms with van der Waals surface area (Å²) in [7, 11) is 0. The predicted octanol–water partition coefficient (Wildman–Crippen LogP) is 3.63. The number of hydrogen-bond donors (Lipinski definition) is 1. The number of hydrogen-bond acceptors (Lipinski definition) is 3. The Labute approximate surface area is 149 Å². The molecular formula is C19H17ClN2O3. The number of nitrogens with zero attached hydrogens (tertiary/aromatic N) is 1. The second kappa shape index (κ2) is 7.40. The quantitative estimate of drug-likeness (QED) is 0.759. The molecule has 1 aromatic carbocycles. The molecule has 2 aromatic heterocycles. The zero-order valence-electron chi connectivity index (χ0n) is 13.6. The Hall–Kier alpha value is -2.79. The van der Waals surface area contributed by atoms with Crippen LogP contribution in [0.3, 0.4) is 0 Å². The van der Waals surface area contributed by atoms with Crippen molar-refractivity contribution in [3.63, 3.8) is 0 Å². The molecule has 1 amide bonds. The molecule has 0 fully saturated rings. The highest BCUT2D eigenvalue weighted by Gasteiger charge is 2.14. The molecule has 128 valence electrons. The van der Waals surface area contributed by atoms with Gasteiger partial charge in [-0.15, -0.1) is 0 Å². The number of furan rings is 1. The summed E-state index contributed by atoms with van der Waals surface area (Å²) in [6.45, 7) is 2.13. The van der Waals surface area contributed by atoms with Crippen LogP contribution in [0.2, 0.25) is 5.02 Å². The smallest absolute Gasteiger partial charge is 0.253 e. The van der Waals surface area contributed by atoms with Crippen LogP contribution in [-0.2, 0) is 6.54 Å². The van der Waals surface area contributed by atoms with Crippen LogP contribution < -0.4 is 10.9 Å². The summed E-state index contributed by atoms with van der Waals surface area (Å²) >= 11 is 6.15. The Bertz CT molecular complexity index is 932. The number of benzene rings is 1. The maximum Gasteiger partial charge on any atom is 0.253 e. The zero-order valence-corrected chi connectivity index (χ0v) is 14.4. The van der Waals surface area contributed by atoms with E-state index in [1.54, 1.807) is 24.5 Å². The van der Waals surface area contributed by atoms with Gasteiger partial charge in [0.2, 0.25) is 0 Å². The molecule has 0 radical (unpaired) electrons. The lowest BCUT2D eigenvalue weighted by atomic mass is 10.2. The molecule has 3 aromatic rings. The van der Waals surface area contributed by atoms with Crippen LogP contribution in [0.4, 0.5) is 0 Å². The van der Waals surface area contributed by atoms with Crippen LogP contribution in [0, 0.1) is 0 Å². The number of amides is 1. The molecule has 0 bridgehead atoms. The largest absolute Gasteiger partial charge is 0.467 e. The molecule has 1 atom stereocenters. The van der Waals surface area contributed by atoms with Crippen LogP contribution in [0.15, 0.2) is 70.2 Å². The van der Waals surface area contributed by atoms with Crippen LogP contribution >= 0.6 is 11.6 Å². The first kappa shape index (κ1) is 17.0. The van der Waals surface area contributed by atoms with E-state index in [9.17, 15) is 9.59 Å². The lowest BCUT2D eigenvalue weighted by Gasteiger charge is -2.13. The van der Waals surface area contributed by atoms with Gasteiger partial charge in [0.15, 0.2) is 0 Å². The van der Waals surface area contributed by atoms with Gasteiger partial charge >= 0.3 is 0 Å². The van der Waals surface area contributed by atoms with E-state index < -0.39 is 0 Å². The van der Waals surface area contributed by atoms with Crippen molar-refractivity contribution in [3.05, 3.63) is 93.3 Å². The first-order valence-electron chi connectivity index (χ1n) is 7.83. The predicted molar refractivity (Wildman–Crippen MR) is 95.8 cm³/mol. The minimum atomic E-state index is -0.281. The summed E-state index contributed by atoms with van der Waals surface area (Å²) in [4.78, 5) is 24.5. The van der Waals surface area contributed by atoms with Crippen LogP contribution in [0.5, 0.6) is 0 Å². The molecule has 0 spiro atoms. The van der Waals surface area contributed by atoms with E-state index in [-0.39, 0.29) is 17.5 Å². The van der Waals surface area contributed by atoms with Crippen LogP contribution in [-0.4, -0.2) is 10.5 Å². The maximum atomic E-state index is 12.4. The van der Waals surface area contributed by atoms with Crippen molar-refractivity contribution in [1.29, 1.82) is 0 Å². The molecule has 6 heteroatoms. The minimum absolute atomic E-state index is 0.199. The van der Waals surface area contributed by atoms with Gasteiger partial charge < -0.3 is 14.3 Å². The number of carbonyl (C=O) groups is 1. The van der Waals surface area contributed by atoms with Crippen molar-refractivity contribution in [2.24, 2.45) is 0 Å². The van der Waals surface area contributed by atoms with Crippen molar-refractivity contribution >= 4 is 17.5 Å². The van der Waals surface area contributed by atoms with Crippen molar-refractivity contribution in [2.45, 2.75) is 19.5 Å². The van der Waals surface area contributed by atoms with Gasteiger partial charge in [-0.3, -0.25) is 9.59 Å². The number of pyridine rings is 1. The second-order valence-electron chi connectivity index (χ2n) is 5.69. The Morgan fingerprint density at radius 2 is 2.00 bits per heavy atom. The van der Waals surface area contributed by atoms with Gasteiger partial charge in [-0.05, 0) is 36.8 Å². The van der Waals surface area contributed by atoms with Gasteiger partial charge in [-0.25, -0.2) is 0 Å². The molecule has 0 aliphatic rings. The van der Waals surface area contributed by atoms with Gasteiger partial charge in [-0.2, -0.15) is 0 Å². The molecule has 25 heavy (non-hydrogen) atoms. The number of rotatable bonds is 5. The zero-order chi connectivity index (χ0) is 17.8. The summed E-state index contributed by atoms with van der Waals surface area (Å²) in [5.41, 5.74) is 1.01. The van der Waals surface area contributed by atoms with E-state index in [1.165, 1.54) is 22.9 Å². The van der Waals surface area contributed by atoms with E-state index in [0.29, 0.717) is 22.9 Å². The third kappa shape index (κ3) is 4.00. The number of nitrogens with one attached hydrogen (secondary N) is 1. The maximum absolute atomic E-state index is 12.4. The average Bonchev–Trinajstić information content (AvgIpc) is 3.13. The highest BCUT2D eigenvalue weighted by Crippen LogP contribution is 2.16. The molecule has 0 aliphatic heterocycles. The average molecular weight is 357 g/mol. The van der Waals surface area contributed by atoms with Gasteiger partial charge in [0, 0.05) is 17.3 Å². The number of carbonyl (C=O) groups excluding carboxylic acids is 1. The Balaban J connectivity index is 1.80. The summed E-state index contributed by atoms with van der Waals surface area (Å²) in [6.07, 6.45) is 3.09. The topological polar surface area (TPSA) is 64.2 Å². The van der Waals surface area contributed by atoms with Gasteiger partial charge in [0.1, 0.15) is 5.76 Å². The molecule has 0 saturated carbocycles. The van der Waals surface area contributed by atoms with Gasteiger partial charge in [0.25, 0.3) is 11.5 Å². The first-order chi connectivity index (χ1) is 12.0. The summed E-state index contributed by atoms with van der Waals surface area (Å²) in [5, 5.41) is 3.43. The monoisotopic (exact) mass is 356 g/mol. The Kier molecular flexibility index (Phi) is 5.05. The molecule has 2 heterocycles. The molecule has 0 aliphatic carbocycles. The Morgan fingerprint density at radius 3 is 2.72 bits per heavy atom. The summed E-state index contributed by atoms with van der Waals surface area (Å²) in [6, 6.07) is 13.5. The van der Waals surface area contributed by atoms with Crippen molar-refractivity contribution < 1.29 is 9.21 Å². The highest BCUT2D eigenvalue weighted by atomic mass is 35.5. The third-order valence-electron chi connectivity index (χ3n) is 3.86. The molecular weight excluding hydrogens is 340 g/mol. The van der Waals surface area contributed by atoms with Gasteiger partial charge in [-0.1, -0.05) is 29.8 Å². The van der Waals surface area contributed by atoms with E-state index >= 15 is 0 Å². The fraction of sp³-hybridized carbons (Fsp3) is 0.158. The first-order valence-corrected chi connectivity index (χ1v) is 8.20. The standard InChI is InChI=1S/C19H17ClN2O3/c1-13(17-7-4-10-25-17)21-19(24)15-8-9-18(23)22(12-15)11-14-5-2-3-6-16(14)20/h2-10,12-13H,11H2,1H3,(H,21,24). The van der Waals surface area contributed by atoms with Gasteiger partial charge in [0.05, 0.1) is 24.4 Å². The number of aromatic nitrogens is 1. The fourth-order valence-electron chi connectivity index (χ4n) is 2.49. The van der Waals surface area contributed by atoms with Crippen LogP contribution in [0.25, 0.3) is 0 Å². The van der Waals surface area contributed by atoms with Crippen molar-refractivity contribution in [3.8, 4) is 0 Å². The fourth-order valence-corrected chi connectivity index (χ4v) is 2.68. The van der Waals surface area contributed by atoms with E-state index in [1.807, 2.05) is 25.1 Å². The normalized spacial score (nSPS) is 11.9. The van der Waals surface area contributed by atoms with E-state index in [4.69, 9.17) is 16.0 Å². The van der Waals surface area contributed by atoms with Crippen molar-refractivity contribution in [2.75, 3.05) is 0 Å². The molecule has 5 nitrogen and oxygen atoms in total. The Morgan fingerprint density at radius 1 is 1.20 bits per heavy atom. The minimum Gasteiger partial charge on any atom is -0.467 e. The third-order valence-corrected chi connectivity index (χ3v) is 4.23. The molecule has 1 unspecified atom stereocenters. The SMILES string of the molecule is CC(NC(=O)c1ccc(=O)n(Cc2ccccc2Cl)c1)c1ccco1. The van der Waals surface area contributed by atoms with E-state index in [2.05, 4.69) is 5.32 Å². The lowest BCUT2D eigenvalue weighted by Crippen LogP contribution is -2.28. The number of halogens is 1. The summed E-state index contributed by atoms with van der Waals surface area (Å²) in [5.74, 6) is 0.384. The molecule has 3 rings (SSSR count). The van der Waals surface area contributed by atoms with Crippen LogP contribution in [0.1, 0.15) is 34.6 Å². The summed E-state index contributed by atoms with van der Waals surface area (Å²) < 4.78 is 6.75. The van der Waals surface area contributed by atoms with Crippen molar-refractivity contribution in [1.82, 2.24) is 9.88 Å². The lowest BCUT2D eigenvalue weighted by molar-refractivity contribution is 0.0934. The molecule has 0 saturated heterocycles. The second-order valence-corrected chi connectivity index (χ2v) is 6.09. The van der Waals surface area contributed by atoms with E-state index in [0.717, 1.165) is 5.56 Å². The molecule has 1 N–H and O–H groups in total.